The summed E-state index contributed by atoms with van der Waals surface area (Å²) in [5, 5.41) is 87.5. The Morgan fingerprint density at radius 2 is 0.722 bits per heavy atom. The molecule has 0 aliphatic carbocycles. The highest BCUT2D eigenvalue weighted by Gasteiger charge is 2.51. The first-order valence-corrected chi connectivity index (χ1v) is 38.2. The maximum Gasteiger partial charge on any atom is 0.220 e. The SMILES string of the molecule is CC/C=C\C/C=C\C/C=C\C/C=C\C/C=C\C/C=C\C/C=C\C/C=C\C/C=C\C/C=C\CCCCCCCCCCCCC(=O)NC(COC1OC(CO)C(OC2OC(CO)C(O)C(O)C2O)C(O)C1O)C(O)/C=C/CC/C=C/CC/C=C/CCCCCCCCCCCCCC. The zero-order valence-electron chi connectivity index (χ0n) is 60.3. The number of aliphatic hydroxyl groups excluding tert-OH is 8. The summed E-state index contributed by atoms with van der Waals surface area (Å²) in [5.41, 5.74) is 0. The molecule has 552 valence electrons. The quantitative estimate of drug-likeness (QED) is 0.0204. The monoisotopic (exact) mass is 1360 g/mol. The van der Waals surface area contributed by atoms with E-state index in [0.717, 1.165) is 116 Å². The Labute approximate surface area is 588 Å². The number of ether oxygens (including phenoxy) is 4. The molecule has 14 heteroatoms. The average molecular weight is 1360 g/mol. The van der Waals surface area contributed by atoms with Crippen LogP contribution in [-0.4, -0.2) is 140 Å². The van der Waals surface area contributed by atoms with Gasteiger partial charge in [0.05, 0.1) is 32.0 Å². The van der Waals surface area contributed by atoms with Crippen LogP contribution >= 0.6 is 0 Å². The first kappa shape index (κ1) is 88.7. The van der Waals surface area contributed by atoms with E-state index in [9.17, 15) is 45.6 Å². The Hall–Kier alpha value is -4.39. The Morgan fingerprint density at radius 3 is 1.13 bits per heavy atom. The van der Waals surface area contributed by atoms with E-state index in [-0.39, 0.29) is 18.9 Å². The molecule has 12 unspecified atom stereocenters. The zero-order valence-corrected chi connectivity index (χ0v) is 60.3. The maximum absolute atomic E-state index is 13.4. The number of rotatable bonds is 61. The highest BCUT2D eigenvalue weighted by molar-refractivity contribution is 5.76. The molecule has 2 aliphatic rings. The minimum absolute atomic E-state index is 0.255. The van der Waals surface area contributed by atoms with Gasteiger partial charge in [0.2, 0.25) is 5.91 Å². The summed E-state index contributed by atoms with van der Waals surface area (Å²) >= 11 is 0. The van der Waals surface area contributed by atoms with Crippen LogP contribution in [0.15, 0.2) is 158 Å². The van der Waals surface area contributed by atoms with Gasteiger partial charge in [0.1, 0.15) is 48.8 Å². The molecule has 0 aromatic rings. The van der Waals surface area contributed by atoms with Crippen molar-refractivity contribution < 1.29 is 64.6 Å². The number of aliphatic hydroxyl groups is 8. The fraction of sp³-hybridized carbons (Fsp3) is 0.675. The molecule has 0 radical (unpaired) electrons. The lowest BCUT2D eigenvalue weighted by Crippen LogP contribution is -2.65. The normalized spacial score (nSPS) is 23.1. The van der Waals surface area contributed by atoms with Crippen LogP contribution in [0.4, 0.5) is 0 Å². The predicted molar refractivity (Wildman–Crippen MR) is 401 cm³/mol. The van der Waals surface area contributed by atoms with Crippen molar-refractivity contribution in [3.8, 4) is 0 Å². The van der Waals surface area contributed by atoms with Crippen molar-refractivity contribution in [3.05, 3.63) is 158 Å². The Bertz CT molecular complexity index is 2240. The Morgan fingerprint density at radius 1 is 0.381 bits per heavy atom. The number of carbonyl (C=O) groups excluding carboxylic acids is 1. The summed E-state index contributed by atoms with van der Waals surface area (Å²) in [5.74, 6) is -0.263. The molecule has 0 bridgehead atoms. The molecule has 12 atom stereocenters. The van der Waals surface area contributed by atoms with Crippen LogP contribution in [0, 0.1) is 0 Å². The molecule has 0 aromatic carbocycles. The lowest BCUT2D eigenvalue weighted by molar-refractivity contribution is -0.359. The predicted octanol–water partition coefficient (Wildman–Crippen LogP) is 17.0. The average Bonchev–Trinajstić information content (AvgIpc) is 0.794. The summed E-state index contributed by atoms with van der Waals surface area (Å²) in [7, 11) is 0. The molecule has 14 nitrogen and oxygen atoms in total. The Kier molecular flexibility index (Phi) is 59.4. The molecular formula is C83H137NO13. The van der Waals surface area contributed by atoms with Crippen LogP contribution in [0.25, 0.3) is 0 Å². The lowest BCUT2D eigenvalue weighted by Gasteiger charge is -2.46. The third-order valence-electron chi connectivity index (χ3n) is 17.4. The first-order valence-electron chi connectivity index (χ1n) is 38.2. The fourth-order valence-electron chi connectivity index (χ4n) is 11.4. The van der Waals surface area contributed by atoms with Crippen LogP contribution in [0.2, 0.25) is 0 Å². The van der Waals surface area contributed by atoms with Crippen molar-refractivity contribution in [2.24, 2.45) is 0 Å². The summed E-state index contributed by atoms with van der Waals surface area (Å²) in [6.45, 7) is 2.66. The van der Waals surface area contributed by atoms with Gasteiger partial charge in [-0.05, 0) is 122 Å². The number of unbranched alkanes of at least 4 members (excludes halogenated alkanes) is 24. The molecule has 1 amide bonds. The minimum Gasteiger partial charge on any atom is -0.394 e. The molecule has 2 fully saturated rings. The number of hydrogen-bond donors (Lipinski definition) is 9. The first-order chi connectivity index (χ1) is 47.6. The van der Waals surface area contributed by atoms with E-state index < -0.39 is 86.8 Å². The molecule has 2 heterocycles. The molecule has 0 saturated carbocycles. The minimum atomic E-state index is -1.80. The van der Waals surface area contributed by atoms with Crippen molar-refractivity contribution in [2.45, 2.75) is 338 Å². The smallest absolute Gasteiger partial charge is 0.220 e. The molecule has 0 aromatic heterocycles. The summed E-state index contributed by atoms with van der Waals surface area (Å²) < 4.78 is 22.8. The van der Waals surface area contributed by atoms with Gasteiger partial charge in [-0.3, -0.25) is 4.79 Å². The van der Waals surface area contributed by atoms with Crippen molar-refractivity contribution >= 4 is 5.91 Å². The topological polar surface area (TPSA) is 228 Å². The second-order valence-corrected chi connectivity index (χ2v) is 26.0. The van der Waals surface area contributed by atoms with Gasteiger partial charge in [0.15, 0.2) is 12.6 Å². The third-order valence-corrected chi connectivity index (χ3v) is 17.4. The second-order valence-electron chi connectivity index (χ2n) is 26.0. The molecule has 2 aliphatic heterocycles. The van der Waals surface area contributed by atoms with E-state index in [0.29, 0.717) is 12.8 Å². The lowest BCUT2D eigenvalue weighted by atomic mass is 9.97. The van der Waals surface area contributed by atoms with E-state index in [1.54, 1.807) is 6.08 Å². The van der Waals surface area contributed by atoms with Crippen LogP contribution in [0.5, 0.6) is 0 Å². The number of allylic oxidation sites excluding steroid dienone is 25. The number of carbonyl (C=O) groups is 1. The van der Waals surface area contributed by atoms with Gasteiger partial charge >= 0.3 is 0 Å². The highest BCUT2D eigenvalue weighted by atomic mass is 16.7. The summed E-state index contributed by atoms with van der Waals surface area (Å²) in [6, 6.07) is -0.953. The van der Waals surface area contributed by atoms with Gasteiger partial charge < -0.3 is 65.1 Å². The molecule has 97 heavy (non-hydrogen) atoms. The van der Waals surface area contributed by atoms with E-state index >= 15 is 0 Å². The zero-order chi connectivity index (χ0) is 70.1. The molecule has 2 rings (SSSR count). The standard InChI is InChI=1S/C83H137NO13/c1-3-5-7-9-11-13-15-17-19-21-23-25-27-28-29-30-31-32-33-34-35-36-37-38-39-40-41-42-43-44-45-47-49-51-53-55-57-59-61-63-65-67-75(88)84-71(70-94-82-80(93)78(91)81(74(69-86)96-82)97-83-79(92)77(90)76(89)73(68-85)95-83)72(87)66-64-62-60-58-56-54-52-50-48-46-26-24-22-20-18-16-14-12-10-8-6-4-2/h5,7,11,13,17,19,23,25,28-29,31-32,34-35,37-38,40-41,43-44,48,50,56,58,64,66,71-74,76-83,85-87,89-93H,3-4,6,8-10,12,14-16,18,20-22,24,26-27,30,33,36,39,42,45-47,49,51-55,57,59-63,65,67-70H2,1-2H3,(H,84,88)/b7-5-,13-11-,19-17-,25-23-,29-28-,32-31-,35-34-,38-37-,41-40-,44-43-,50-48+,58-56+,66-64+. The Balaban J connectivity index is 1.65. The number of amides is 1. The number of nitrogens with one attached hydrogen (secondary N) is 1. The number of hydrogen-bond acceptors (Lipinski definition) is 13. The van der Waals surface area contributed by atoms with Gasteiger partial charge in [-0.1, -0.05) is 294 Å². The summed E-state index contributed by atoms with van der Waals surface area (Å²) in [4.78, 5) is 13.4. The summed E-state index contributed by atoms with van der Waals surface area (Å²) in [6.07, 6.45) is 83.0. The van der Waals surface area contributed by atoms with E-state index in [1.807, 2.05) is 6.08 Å². The van der Waals surface area contributed by atoms with Crippen LogP contribution in [0.1, 0.15) is 264 Å². The van der Waals surface area contributed by atoms with E-state index in [2.05, 4.69) is 165 Å². The van der Waals surface area contributed by atoms with Crippen molar-refractivity contribution in [2.75, 3.05) is 19.8 Å². The van der Waals surface area contributed by atoms with Crippen molar-refractivity contribution in [1.82, 2.24) is 5.32 Å². The second kappa shape index (κ2) is 65.0. The van der Waals surface area contributed by atoms with E-state index in [1.165, 1.54) is 116 Å². The molecular weight excluding hydrogens is 1220 g/mol. The van der Waals surface area contributed by atoms with Crippen LogP contribution < -0.4 is 5.32 Å². The van der Waals surface area contributed by atoms with E-state index in [4.69, 9.17) is 18.9 Å². The van der Waals surface area contributed by atoms with Gasteiger partial charge in [-0.15, -0.1) is 0 Å². The molecule has 9 N–H and O–H groups in total. The fourth-order valence-corrected chi connectivity index (χ4v) is 11.4. The van der Waals surface area contributed by atoms with Crippen LogP contribution in [-0.2, 0) is 23.7 Å². The van der Waals surface area contributed by atoms with Crippen molar-refractivity contribution in [3.63, 3.8) is 0 Å². The van der Waals surface area contributed by atoms with Gasteiger partial charge in [-0.25, -0.2) is 0 Å². The van der Waals surface area contributed by atoms with Gasteiger partial charge in [0.25, 0.3) is 0 Å². The van der Waals surface area contributed by atoms with Crippen molar-refractivity contribution in [1.29, 1.82) is 0 Å². The van der Waals surface area contributed by atoms with Gasteiger partial charge in [-0.2, -0.15) is 0 Å². The van der Waals surface area contributed by atoms with Gasteiger partial charge in [0, 0.05) is 6.42 Å². The van der Waals surface area contributed by atoms with Crippen LogP contribution in [0.3, 0.4) is 0 Å². The largest absolute Gasteiger partial charge is 0.394 e. The maximum atomic E-state index is 13.4. The molecule has 0 spiro atoms. The highest BCUT2D eigenvalue weighted by Crippen LogP contribution is 2.30. The third kappa shape index (κ3) is 48.1. The molecule has 2 saturated heterocycles.